The summed E-state index contributed by atoms with van der Waals surface area (Å²) in [4.78, 5) is 10.9. The summed E-state index contributed by atoms with van der Waals surface area (Å²) in [5.74, 6) is 0.123. The molecule has 0 aromatic heterocycles. The van der Waals surface area contributed by atoms with Crippen molar-refractivity contribution in [3.8, 4) is 11.5 Å². The summed E-state index contributed by atoms with van der Waals surface area (Å²) in [6.45, 7) is 11.9. The van der Waals surface area contributed by atoms with E-state index in [0.717, 1.165) is 25.3 Å². The number of carboxylic acid groups (broad SMARTS) is 1. The van der Waals surface area contributed by atoms with Gasteiger partial charge < -0.3 is 27.9 Å². The van der Waals surface area contributed by atoms with E-state index >= 15 is 0 Å². The van der Waals surface area contributed by atoms with Crippen LogP contribution in [0.3, 0.4) is 0 Å². The molecule has 0 amide bonds. The highest BCUT2D eigenvalue weighted by atomic mass is 28.4. The van der Waals surface area contributed by atoms with Gasteiger partial charge in [0.2, 0.25) is 0 Å². The van der Waals surface area contributed by atoms with Crippen LogP contribution in [-0.2, 0) is 18.1 Å². The summed E-state index contributed by atoms with van der Waals surface area (Å²) < 4.78 is 30.7. The minimum atomic E-state index is -3.13. The van der Waals surface area contributed by atoms with E-state index in [4.69, 9.17) is 27.9 Å². The monoisotopic (exact) mass is 454 g/mol. The molecule has 0 heterocycles. The molecule has 0 aliphatic carbocycles. The van der Waals surface area contributed by atoms with Crippen molar-refractivity contribution in [2.24, 2.45) is 0 Å². The van der Waals surface area contributed by atoms with Gasteiger partial charge in [0.1, 0.15) is 0 Å². The smallest absolute Gasteiger partial charge is 0.490 e. The van der Waals surface area contributed by atoms with Crippen molar-refractivity contribution in [1.82, 2.24) is 0 Å². The van der Waals surface area contributed by atoms with E-state index in [9.17, 15) is 4.79 Å². The highest BCUT2D eigenvalue weighted by molar-refractivity contribution is 6.62. The van der Waals surface area contributed by atoms with Crippen LogP contribution in [-0.4, -0.2) is 52.0 Å². The topological polar surface area (TPSA) is 83.5 Å². The summed E-state index contributed by atoms with van der Waals surface area (Å²) in [6, 6.07) is 5.40. The molecule has 0 aliphatic rings. The van der Waals surface area contributed by atoms with Crippen molar-refractivity contribution in [3.63, 3.8) is 0 Å². The first kappa shape index (κ1) is 27.2. The molecule has 0 bridgehead atoms. The molecule has 0 spiro atoms. The Morgan fingerprint density at radius 2 is 1.65 bits per heavy atom. The lowest BCUT2D eigenvalue weighted by Crippen LogP contribution is -2.59. The molecule has 0 saturated carbocycles. The Balaban J connectivity index is 3.35. The van der Waals surface area contributed by atoms with Gasteiger partial charge in [-0.05, 0) is 57.4 Å². The van der Waals surface area contributed by atoms with Crippen LogP contribution in [0.15, 0.2) is 24.3 Å². The third-order valence-electron chi connectivity index (χ3n) is 4.39. The van der Waals surface area contributed by atoms with Gasteiger partial charge in [0.15, 0.2) is 17.2 Å². The summed E-state index contributed by atoms with van der Waals surface area (Å²) >= 11 is 0. The Labute approximate surface area is 187 Å². The molecule has 1 aromatic carbocycles. The molecule has 176 valence electrons. The predicted octanol–water partition coefficient (Wildman–Crippen LogP) is 5.10. The molecule has 0 aliphatic heterocycles. The number of carbonyl (C=O) groups is 1. The molecule has 1 atom stereocenters. The third kappa shape index (κ3) is 9.02. The molecule has 0 fully saturated rings. The molecule has 1 aromatic rings. The van der Waals surface area contributed by atoms with Gasteiger partial charge in [0.05, 0.1) is 6.61 Å². The maximum absolute atomic E-state index is 10.9. The Morgan fingerprint density at radius 1 is 1.00 bits per heavy atom. The highest BCUT2D eigenvalue weighted by Gasteiger charge is 2.51. The molecular formula is C23H38O7Si. The van der Waals surface area contributed by atoms with Gasteiger partial charge in [-0.1, -0.05) is 32.8 Å². The molecule has 8 heteroatoms. The van der Waals surface area contributed by atoms with Gasteiger partial charge in [-0.3, -0.25) is 0 Å². The minimum absolute atomic E-state index is 0.412. The first-order chi connectivity index (χ1) is 15.0. The van der Waals surface area contributed by atoms with E-state index in [1.165, 1.54) is 6.08 Å². The summed E-state index contributed by atoms with van der Waals surface area (Å²) in [5.41, 5.74) is 0.288. The molecule has 31 heavy (non-hydrogen) atoms. The highest BCUT2D eigenvalue weighted by Crippen LogP contribution is 2.33. The zero-order chi connectivity index (χ0) is 23.1. The fraction of sp³-hybridized carbons (Fsp3) is 0.609. The SMILES string of the molecule is CCCCOc1ccc(/C=C/C(=O)O)cc1OC(CCC)[Si](OCC)(OCC)OCC. The Morgan fingerprint density at radius 3 is 2.16 bits per heavy atom. The van der Waals surface area contributed by atoms with Gasteiger partial charge in [0.25, 0.3) is 0 Å². The quantitative estimate of drug-likeness (QED) is 0.199. The number of hydrogen-bond donors (Lipinski definition) is 1. The van der Waals surface area contributed by atoms with Gasteiger partial charge in [-0.25, -0.2) is 4.79 Å². The van der Waals surface area contributed by atoms with Crippen LogP contribution in [0.2, 0.25) is 0 Å². The Hall–Kier alpha value is -1.87. The van der Waals surface area contributed by atoms with Crippen LogP contribution < -0.4 is 9.47 Å². The van der Waals surface area contributed by atoms with Crippen molar-refractivity contribution in [2.75, 3.05) is 26.4 Å². The van der Waals surface area contributed by atoms with Crippen molar-refractivity contribution >= 4 is 20.8 Å². The summed E-state index contributed by atoms with van der Waals surface area (Å²) in [6.07, 6.45) is 6.11. The maximum Gasteiger partial charge on any atom is 0.543 e. The maximum atomic E-state index is 10.9. The number of ether oxygens (including phenoxy) is 2. The number of rotatable bonds is 17. The van der Waals surface area contributed by atoms with Crippen molar-refractivity contribution in [1.29, 1.82) is 0 Å². The predicted molar refractivity (Wildman–Crippen MR) is 123 cm³/mol. The molecule has 1 rings (SSSR count). The van der Waals surface area contributed by atoms with E-state index in [1.54, 1.807) is 18.2 Å². The number of unbranched alkanes of at least 4 members (excludes halogenated alkanes) is 1. The molecule has 0 radical (unpaired) electrons. The number of hydrogen-bond acceptors (Lipinski definition) is 6. The van der Waals surface area contributed by atoms with Gasteiger partial charge in [0, 0.05) is 25.9 Å². The molecule has 1 unspecified atom stereocenters. The number of benzene rings is 1. The summed E-state index contributed by atoms with van der Waals surface area (Å²) in [5, 5.41) is 8.95. The van der Waals surface area contributed by atoms with E-state index in [1.807, 2.05) is 20.8 Å². The van der Waals surface area contributed by atoms with E-state index in [-0.39, 0.29) is 0 Å². The average molecular weight is 455 g/mol. The largest absolute Gasteiger partial charge is 0.543 e. The summed E-state index contributed by atoms with van der Waals surface area (Å²) in [7, 11) is -3.13. The third-order valence-corrected chi connectivity index (χ3v) is 7.66. The number of aliphatic carboxylic acids is 1. The van der Waals surface area contributed by atoms with Crippen LogP contribution in [0.25, 0.3) is 6.08 Å². The first-order valence-electron chi connectivity index (χ1n) is 11.2. The van der Waals surface area contributed by atoms with Crippen LogP contribution >= 0.6 is 0 Å². The van der Waals surface area contributed by atoms with Gasteiger partial charge in [-0.15, -0.1) is 0 Å². The normalized spacial score (nSPS) is 12.8. The minimum Gasteiger partial charge on any atom is -0.490 e. The van der Waals surface area contributed by atoms with E-state index in [0.29, 0.717) is 49.9 Å². The molecule has 7 nitrogen and oxygen atoms in total. The van der Waals surface area contributed by atoms with Crippen LogP contribution in [0.4, 0.5) is 0 Å². The van der Waals surface area contributed by atoms with Crippen molar-refractivity contribution < 1.29 is 32.7 Å². The zero-order valence-electron chi connectivity index (χ0n) is 19.5. The molecule has 0 saturated heterocycles. The fourth-order valence-corrected chi connectivity index (χ4v) is 5.99. The zero-order valence-corrected chi connectivity index (χ0v) is 20.5. The Kier molecular flexibility index (Phi) is 13.2. The van der Waals surface area contributed by atoms with Gasteiger partial charge >= 0.3 is 14.8 Å². The lowest BCUT2D eigenvalue weighted by Gasteiger charge is -2.35. The van der Waals surface area contributed by atoms with Gasteiger partial charge in [-0.2, -0.15) is 0 Å². The van der Waals surface area contributed by atoms with E-state index in [2.05, 4.69) is 13.8 Å². The van der Waals surface area contributed by atoms with Crippen LogP contribution in [0, 0.1) is 0 Å². The second-order valence-electron chi connectivity index (χ2n) is 6.88. The van der Waals surface area contributed by atoms with Crippen molar-refractivity contribution in [2.45, 2.75) is 66.0 Å². The second-order valence-corrected chi connectivity index (χ2v) is 9.59. The van der Waals surface area contributed by atoms with Crippen LogP contribution in [0.5, 0.6) is 11.5 Å². The lowest BCUT2D eigenvalue weighted by atomic mass is 10.2. The average Bonchev–Trinajstić information content (AvgIpc) is 2.73. The lowest BCUT2D eigenvalue weighted by molar-refractivity contribution is -0.131. The van der Waals surface area contributed by atoms with Crippen molar-refractivity contribution in [3.05, 3.63) is 29.8 Å². The Bertz CT molecular complexity index is 661. The molecular weight excluding hydrogens is 416 g/mol. The fourth-order valence-electron chi connectivity index (χ4n) is 3.06. The second kappa shape index (κ2) is 15.0. The van der Waals surface area contributed by atoms with E-state index < -0.39 is 20.5 Å². The molecule has 1 N–H and O–H groups in total. The number of carboxylic acids is 1. The standard InChI is InChI=1S/C23H38O7Si/c1-6-11-17-26-20-15-13-19(14-16-22(24)25)18-21(20)30-23(12-7-2)31(27-8-3,28-9-4)29-10-5/h13-16,18,23H,6-12,17H2,1-5H3,(H,24,25)/b16-14+. The van der Waals surface area contributed by atoms with Crippen LogP contribution in [0.1, 0.15) is 65.9 Å². The first-order valence-corrected chi connectivity index (χ1v) is 13.0.